The van der Waals surface area contributed by atoms with Gasteiger partial charge in [0.05, 0.1) is 0 Å². The van der Waals surface area contributed by atoms with Crippen LogP contribution in [0.25, 0.3) is 0 Å². The van der Waals surface area contributed by atoms with Gasteiger partial charge in [0, 0.05) is 0 Å². The molecule has 0 rings (SSSR count). The highest BCUT2D eigenvalue weighted by Crippen LogP contribution is 2.34. The summed E-state index contributed by atoms with van der Waals surface area (Å²) in [5.41, 5.74) is 0.541. The zero-order valence-electron chi connectivity index (χ0n) is 19.9. The second-order valence-electron chi connectivity index (χ2n) is 9.95. The van der Waals surface area contributed by atoms with Crippen molar-refractivity contribution in [2.24, 2.45) is 35.5 Å². The van der Waals surface area contributed by atoms with Crippen LogP contribution in [0.1, 0.15) is 93.9 Å². The summed E-state index contributed by atoms with van der Waals surface area (Å²) in [6.45, 7) is 24.9. The van der Waals surface area contributed by atoms with Crippen LogP contribution in [0.4, 0.5) is 8.78 Å². The first kappa shape index (κ1) is 27.1. The Balaban J connectivity index is 4.73. The molecule has 0 nitrogen and oxygen atoms in total. The van der Waals surface area contributed by atoms with Crippen molar-refractivity contribution in [1.29, 1.82) is 0 Å². The third-order valence-electron chi connectivity index (χ3n) is 6.35. The normalized spacial score (nSPS) is 17.3. The van der Waals surface area contributed by atoms with Crippen molar-refractivity contribution in [1.82, 2.24) is 0 Å². The fourth-order valence-corrected chi connectivity index (χ4v) is 3.32. The van der Waals surface area contributed by atoms with Gasteiger partial charge in [-0.25, -0.2) is 8.78 Å². The Labute approximate surface area is 174 Å². The average Bonchev–Trinajstić information content (AvgIpc) is 2.65. The molecular weight excluding hydrogens is 350 g/mol. The molecule has 0 saturated heterocycles. The molecule has 0 aliphatic rings. The lowest BCUT2D eigenvalue weighted by Crippen LogP contribution is -2.12. The Bertz CT molecular complexity index is 513. The second-order valence-corrected chi connectivity index (χ2v) is 9.95. The summed E-state index contributed by atoms with van der Waals surface area (Å²) in [6, 6.07) is 0. The van der Waals surface area contributed by atoms with Crippen LogP contribution in [0, 0.1) is 35.5 Å². The number of hydrogen-bond acceptors (Lipinski definition) is 0. The summed E-state index contributed by atoms with van der Waals surface area (Å²) >= 11 is 0. The summed E-state index contributed by atoms with van der Waals surface area (Å²) < 4.78 is 29.3. The predicted octanol–water partition coefficient (Wildman–Crippen LogP) is 9.45. The summed E-state index contributed by atoms with van der Waals surface area (Å²) in [5.74, 6) is 0.792. The molecule has 0 aliphatic heterocycles. The van der Waals surface area contributed by atoms with Gasteiger partial charge in [0.15, 0.2) is 11.7 Å². The number of hydrogen-bond donors (Lipinski definition) is 0. The highest BCUT2D eigenvalue weighted by atomic mass is 19.2. The van der Waals surface area contributed by atoms with E-state index in [4.69, 9.17) is 0 Å². The van der Waals surface area contributed by atoms with Gasteiger partial charge in [-0.05, 0) is 65.9 Å². The van der Waals surface area contributed by atoms with Crippen molar-refractivity contribution < 1.29 is 8.78 Å². The van der Waals surface area contributed by atoms with E-state index >= 15 is 0 Å². The monoisotopic (exact) mass is 396 g/mol. The fraction of sp³-hybridized carbons (Fsp3) is 0.769. The molecule has 0 N–H and O–H groups in total. The molecule has 2 heteroatoms. The lowest BCUT2D eigenvalue weighted by Gasteiger charge is -2.23. The van der Waals surface area contributed by atoms with Gasteiger partial charge in [-0.15, -0.1) is 0 Å². The van der Waals surface area contributed by atoms with Crippen LogP contribution in [0.3, 0.4) is 0 Å². The van der Waals surface area contributed by atoms with E-state index < -0.39 is 11.7 Å². The van der Waals surface area contributed by atoms with Crippen molar-refractivity contribution in [3.8, 4) is 0 Å². The van der Waals surface area contributed by atoms with Crippen LogP contribution >= 0.6 is 0 Å². The molecule has 0 aromatic rings. The zero-order chi connectivity index (χ0) is 22.0. The van der Waals surface area contributed by atoms with E-state index in [0.29, 0.717) is 17.8 Å². The zero-order valence-corrected chi connectivity index (χ0v) is 19.9. The molecule has 0 aliphatic carbocycles. The van der Waals surface area contributed by atoms with Crippen LogP contribution in [0.15, 0.2) is 36.0 Å². The van der Waals surface area contributed by atoms with E-state index in [9.17, 15) is 8.78 Å². The summed E-state index contributed by atoms with van der Waals surface area (Å²) in [7, 11) is 0. The molecule has 4 unspecified atom stereocenters. The van der Waals surface area contributed by atoms with E-state index in [-0.39, 0.29) is 23.0 Å². The summed E-state index contributed by atoms with van der Waals surface area (Å²) in [5, 5.41) is 0. The molecule has 0 radical (unpaired) electrons. The Morgan fingerprint density at radius 3 is 1.18 bits per heavy atom. The maximum atomic E-state index is 14.7. The predicted molar refractivity (Wildman–Crippen MR) is 122 cm³/mol. The summed E-state index contributed by atoms with van der Waals surface area (Å²) in [4.78, 5) is 0. The average molecular weight is 397 g/mol. The molecule has 0 aromatic carbocycles. The second kappa shape index (κ2) is 13.3. The van der Waals surface area contributed by atoms with Crippen molar-refractivity contribution in [2.75, 3.05) is 0 Å². The molecule has 28 heavy (non-hydrogen) atoms. The van der Waals surface area contributed by atoms with Gasteiger partial charge in [0.25, 0.3) is 0 Å². The van der Waals surface area contributed by atoms with Gasteiger partial charge in [0.2, 0.25) is 0 Å². The van der Waals surface area contributed by atoms with Gasteiger partial charge in [-0.2, -0.15) is 0 Å². The minimum atomic E-state index is -0.800. The van der Waals surface area contributed by atoms with Gasteiger partial charge >= 0.3 is 0 Å². The molecule has 0 fully saturated rings. The third kappa shape index (κ3) is 10.0. The maximum absolute atomic E-state index is 14.7. The van der Waals surface area contributed by atoms with Crippen molar-refractivity contribution in [3.63, 3.8) is 0 Å². The molecule has 0 amide bonds. The van der Waals surface area contributed by atoms with Gasteiger partial charge in [-0.3, -0.25) is 0 Å². The highest BCUT2D eigenvalue weighted by Gasteiger charge is 2.22. The van der Waals surface area contributed by atoms with E-state index in [1.807, 2.05) is 13.8 Å². The highest BCUT2D eigenvalue weighted by molar-refractivity contribution is 5.36. The quantitative estimate of drug-likeness (QED) is 0.256. The van der Waals surface area contributed by atoms with Crippen molar-refractivity contribution in [2.45, 2.75) is 93.9 Å². The third-order valence-corrected chi connectivity index (χ3v) is 6.35. The van der Waals surface area contributed by atoms with E-state index in [0.717, 1.165) is 31.6 Å². The van der Waals surface area contributed by atoms with Crippen LogP contribution in [0.2, 0.25) is 0 Å². The summed E-state index contributed by atoms with van der Waals surface area (Å²) in [6.07, 6.45) is 6.13. The topological polar surface area (TPSA) is 0 Å². The molecule has 0 spiro atoms. The minimum Gasteiger partial charge on any atom is -0.203 e. The first-order valence-corrected chi connectivity index (χ1v) is 11.3. The molecular formula is C26H46F2. The first-order valence-electron chi connectivity index (χ1n) is 11.3. The van der Waals surface area contributed by atoms with Crippen molar-refractivity contribution >= 4 is 0 Å². The van der Waals surface area contributed by atoms with E-state index in [2.05, 4.69) is 54.7 Å². The molecule has 0 aromatic heterocycles. The SMILES string of the molecule is C=C(/C(F)=C(/F)C(=C)C(C)CCC(C)C(C)CCC(C)C)C(C)CCC(C)C. The first-order chi connectivity index (χ1) is 12.9. The Hall–Kier alpha value is -0.920. The molecule has 164 valence electrons. The standard InChI is InChI=1S/C26H46F2/c1-17(2)11-13-19(5)20(6)15-16-22(8)24(10)26(28)25(27)23(9)21(7)14-12-18(3)4/h17-22H,9-16H2,1-8H3/b26-25-. The minimum absolute atomic E-state index is 0.0573. The lowest BCUT2D eigenvalue weighted by atomic mass is 9.83. The molecule has 4 atom stereocenters. The maximum Gasteiger partial charge on any atom is 0.161 e. The van der Waals surface area contributed by atoms with E-state index in [1.54, 1.807) is 0 Å². The fourth-order valence-electron chi connectivity index (χ4n) is 3.32. The number of allylic oxidation sites excluding steroid dienone is 4. The number of halogens is 2. The largest absolute Gasteiger partial charge is 0.203 e. The lowest BCUT2D eigenvalue weighted by molar-refractivity contribution is 0.305. The Morgan fingerprint density at radius 2 is 0.821 bits per heavy atom. The van der Waals surface area contributed by atoms with Crippen molar-refractivity contribution in [3.05, 3.63) is 36.0 Å². The van der Waals surface area contributed by atoms with Gasteiger partial charge < -0.3 is 0 Å². The van der Waals surface area contributed by atoms with Gasteiger partial charge in [-0.1, -0.05) is 87.8 Å². The van der Waals surface area contributed by atoms with Crippen LogP contribution in [-0.2, 0) is 0 Å². The molecule has 0 heterocycles. The molecule has 0 saturated carbocycles. The van der Waals surface area contributed by atoms with Crippen LogP contribution in [-0.4, -0.2) is 0 Å². The van der Waals surface area contributed by atoms with Crippen LogP contribution in [0.5, 0.6) is 0 Å². The molecule has 0 bridgehead atoms. The Kier molecular flexibility index (Phi) is 12.9. The smallest absolute Gasteiger partial charge is 0.161 e. The van der Waals surface area contributed by atoms with Gasteiger partial charge in [0.1, 0.15) is 0 Å². The number of rotatable bonds is 14. The Morgan fingerprint density at radius 1 is 0.536 bits per heavy atom. The van der Waals surface area contributed by atoms with E-state index in [1.165, 1.54) is 12.8 Å². The van der Waals surface area contributed by atoms with Crippen LogP contribution < -0.4 is 0 Å².